The van der Waals surface area contributed by atoms with Crippen molar-refractivity contribution in [2.24, 2.45) is 11.3 Å². The molecule has 3 heterocycles. The smallest absolute Gasteiger partial charge is 0.407 e. The van der Waals surface area contributed by atoms with E-state index in [9.17, 15) is 14.4 Å². The third-order valence-electron chi connectivity index (χ3n) is 6.95. The maximum Gasteiger partial charge on any atom is 0.407 e. The summed E-state index contributed by atoms with van der Waals surface area (Å²) in [5.74, 6) is -0.0770. The quantitative estimate of drug-likeness (QED) is 0.668. The molecule has 0 unspecified atom stereocenters. The normalized spacial score (nSPS) is 22.4. The highest BCUT2D eigenvalue weighted by Gasteiger charge is 2.44. The van der Waals surface area contributed by atoms with Crippen molar-refractivity contribution in [2.45, 2.75) is 78.4 Å². The molecule has 1 spiro atoms. The minimum absolute atomic E-state index is 0.0323. The summed E-state index contributed by atoms with van der Waals surface area (Å²) in [4.78, 5) is 43.7. The molecule has 182 valence electrons. The molecule has 1 N–H and O–H groups in total. The molecule has 8 nitrogen and oxygen atoms in total. The zero-order chi connectivity index (χ0) is 23.5. The van der Waals surface area contributed by atoms with Crippen LogP contribution in [0.5, 0.6) is 0 Å². The van der Waals surface area contributed by atoms with Gasteiger partial charge in [0.15, 0.2) is 0 Å². The number of ether oxygens (including phenoxy) is 1. The summed E-state index contributed by atoms with van der Waals surface area (Å²) in [7, 11) is 0. The maximum absolute atomic E-state index is 12.9. The largest absolute Gasteiger partial charge is 0.444 e. The third-order valence-corrected chi connectivity index (χ3v) is 6.95. The van der Waals surface area contributed by atoms with Gasteiger partial charge in [0.1, 0.15) is 5.60 Å². The van der Waals surface area contributed by atoms with Crippen LogP contribution >= 0.6 is 0 Å². The molecule has 3 saturated heterocycles. The fourth-order valence-corrected chi connectivity index (χ4v) is 5.21. The minimum atomic E-state index is -0.536. The van der Waals surface area contributed by atoms with E-state index >= 15 is 0 Å². The summed E-state index contributed by atoms with van der Waals surface area (Å²) in [5.41, 5.74) is -0.348. The number of hydrogen-bond donors (Lipinski definition) is 1. The lowest BCUT2D eigenvalue weighted by Crippen LogP contribution is -2.51. The van der Waals surface area contributed by atoms with Gasteiger partial charge in [0, 0.05) is 38.8 Å². The van der Waals surface area contributed by atoms with Crippen molar-refractivity contribution in [1.29, 1.82) is 0 Å². The Kier molecular flexibility index (Phi) is 7.73. The van der Waals surface area contributed by atoms with Crippen LogP contribution in [0.2, 0.25) is 0 Å². The van der Waals surface area contributed by atoms with Gasteiger partial charge in [-0.15, -0.1) is 0 Å². The predicted molar refractivity (Wildman–Crippen MR) is 123 cm³/mol. The molecule has 0 aliphatic carbocycles. The first kappa shape index (κ1) is 24.8. The molecular weight excluding hydrogens is 408 g/mol. The minimum Gasteiger partial charge on any atom is -0.444 e. The van der Waals surface area contributed by atoms with Crippen molar-refractivity contribution in [3.8, 4) is 0 Å². The number of likely N-dealkylation sites (tertiary alicyclic amines) is 3. The number of hydrogen-bond acceptors (Lipinski definition) is 5. The predicted octanol–water partition coefficient (Wildman–Crippen LogP) is 2.47. The van der Waals surface area contributed by atoms with E-state index in [1.165, 1.54) is 0 Å². The van der Waals surface area contributed by atoms with Crippen LogP contribution in [-0.2, 0) is 14.3 Å². The lowest BCUT2D eigenvalue weighted by molar-refractivity contribution is -0.152. The number of alkyl carbamates (subject to hydrolysis) is 1. The fourth-order valence-electron chi connectivity index (χ4n) is 5.21. The Hall–Kier alpha value is -1.83. The highest BCUT2D eigenvalue weighted by Crippen LogP contribution is 2.40. The molecule has 0 aromatic carbocycles. The second kappa shape index (κ2) is 9.98. The summed E-state index contributed by atoms with van der Waals surface area (Å²) in [5, 5.41) is 2.87. The molecule has 0 atom stereocenters. The number of amides is 3. The van der Waals surface area contributed by atoms with Crippen molar-refractivity contribution in [2.75, 3.05) is 45.8 Å². The number of piperidine rings is 2. The second-order valence-electron chi connectivity index (χ2n) is 11.4. The molecule has 0 bridgehead atoms. The maximum atomic E-state index is 12.9. The standard InChI is InChI=1S/C24H42N4O4/c1-18(2)16-26-13-8-24(9-14-26)10-15-28(17-24)21(30)20(29)27-11-6-19(7-12-27)25-22(31)32-23(3,4)5/h18-19H,6-17H2,1-5H3,(H,25,31). The first-order valence-electron chi connectivity index (χ1n) is 12.3. The summed E-state index contributed by atoms with van der Waals surface area (Å²) in [6.07, 6.45) is 4.06. The Labute approximate surface area is 193 Å². The van der Waals surface area contributed by atoms with Gasteiger partial charge in [-0.3, -0.25) is 9.59 Å². The SMILES string of the molecule is CC(C)CN1CCC2(CC1)CCN(C(=O)C(=O)N1CCC(NC(=O)OC(C)(C)C)CC1)C2. The van der Waals surface area contributed by atoms with Gasteiger partial charge < -0.3 is 24.8 Å². The average Bonchev–Trinajstić information content (AvgIpc) is 3.11. The third kappa shape index (κ3) is 6.59. The van der Waals surface area contributed by atoms with E-state index < -0.39 is 17.6 Å². The highest BCUT2D eigenvalue weighted by atomic mass is 16.6. The molecule has 32 heavy (non-hydrogen) atoms. The number of carbonyl (C=O) groups is 3. The van der Waals surface area contributed by atoms with Crippen molar-refractivity contribution < 1.29 is 19.1 Å². The molecule has 0 aromatic heterocycles. The van der Waals surface area contributed by atoms with Crippen LogP contribution in [0.1, 0.15) is 66.7 Å². The van der Waals surface area contributed by atoms with E-state index in [1.54, 1.807) is 9.80 Å². The van der Waals surface area contributed by atoms with E-state index in [4.69, 9.17) is 4.74 Å². The molecule has 8 heteroatoms. The van der Waals surface area contributed by atoms with Crippen molar-refractivity contribution >= 4 is 17.9 Å². The van der Waals surface area contributed by atoms with Crippen LogP contribution in [0, 0.1) is 11.3 Å². The van der Waals surface area contributed by atoms with Crippen LogP contribution in [-0.4, -0.2) is 90.1 Å². The molecule has 0 saturated carbocycles. The molecule has 3 aliphatic heterocycles. The molecule has 3 rings (SSSR count). The molecule has 3 aliphatic rings. The van der Waals surface area contributed by atoms with Gasteiger partial charge in [0.2, 0.25) is 0 Å². The van der Waals surface area contributed by atoms with E-state index in [1.807, 2.05) is 20.8 Å². The fraction of sp³-hybridized carbons (Fsp3) is 0.875. The zero-order valence-corrected chi connectivity index (χ0v) is 20.6. The van der Waals surface area contributed by atoms with E-state index in [2.05, 4.69) is 24.1 Å². The first-order chi connectivity index (χ1) is 15.0. The average molecular weight is 451 g/mol. The topological polar surface area (TPSA) is 82.2 Å². The lowest BCUT2D eigenvalue weighted by atomic mass is 9.77. The van der Waals surface area contributed by atoms with E-state index in [0.29, 0.717) is 44.9 Å². The summed E-state index contributed by atoms with van der Waals surface area (Å²) in [6.45, 7) is 15.7. The van der Waals surface area contributed by atoms with Gasteiger partial charge >= 0.3 is 17.9 Å². The van der Waals surface area contributed by atoms with Gasteiger partial charge in [-0.2, -0.15) is 0 Å². The van der Waals surface area contributed by atoms with Crippen LogP contribution in [0.4, 0.5) is 4.79 Å². The van der Waals surface area contributed by atoms with E-state index in [-0.39, 0.29) is 17.4 Å². The van der Waals surface area contributed by atoms with Crippen molar-refractivity contribution in [1.82, 2.24) is 20.0 Å². The molecule has 3 fully saturated rings. The summed E-state index contributed by atoms with van der Waals surface area (Å²) >= 11 is 0. The monoisotopic (exact) mass is 450 g/mol. The number of nitrogens with zero attached hydrogens (tertiary/aromatic N) is 3. The number of nitrogens with one attached hydrogen (secondary N) is 1. The summed E-state index contributed by atoms with van der Waals surface area (Å²) < 4.78 is 5.31. The number of carbonyl (C=O) groups excluding carboxylic acids is 3. The van der Waals surface area contributed by atoms with Gasteiger partial charge in [-0.05, 0) is 77.3 Å². The Bertz CT molecular complexity index is 687. The van der Waals surface area contributed by atoms with E-state index in [0.717, 1.165) is 38.9 Å². The van der Waals surface area contributed by atoms with Crippen molar-refractivity contribution in [3.63, 3.8) is 0 Å². The van der Waals surface area contributed by atoms with Crippen LogP contribution in [0.15, 0.2) is 0 Å². The van der Waals surface area contributed by atoms with Crippen molar-refractivity contribution in [3.05, 3.63) is 0 Å². The Morgan fingerprint density at radius 1 is 0.938 bits per heavy atom. The van der Waals surface area contributed by atoms with Gasteiger partial charge in [-0.25, -0.2) is 4.79 Å². The molecule has 0 aromatic rings. The lowest BCUT2D eigenvalue weighted by Gasteiger charge is -2.40. The number of rotatable bonds is 3. The van der Waals surface area contributed by atoms with Crippen LogP contribution < -0.4 is 5.32 Å². The Balaban J connectivity index is 1.43. The molecule has 3 amide bonds. The van der Waals surface area contributed by atoms with Gasteiger partial charge in [0.25, 0.3) is 0 Å². The molecular formula is C24H42N4O4. The highest BCUT2D eigenvalue weighted by molar-refractivity contribution is 6.35. The zero-order valence-electron chi connectivity index (χ0n) is 20.6. The van der Waals surface area contributed by atoms with Gasteiger partial charge in [-0.1, -0.05) is 13.8 Å². The second-order valence-corrected chi connectivity index (χ2v) is 11.4. The Morgan fingerprint density at radius 3 is 2.06 bits per heavy atom. The Morgan fingerprint density at radius 2 is 1.50 bits per heavy atom. The summed E-state index contributed by atoms with van der Waals surface area (Å²) in [6, 6.07) is -0.0323. The van der Waals surface area contributed by atoms with Crippen LogP contribution in [0.25, 0.3) is 0 Å². The van der Waals surface area contributed by atoms with Crippen LogP contribution in [0.3, 0.4) is 0 Å². The first-order valence-corrected chi connectivity index (χ1v) is 12.3. The van der Waals surface area contributed by atoms with Gasteiger partial charge in [0.05, 0.1) is 0 Å². The molecule has 0 radical (unpaired) electrons.